The van der Waals surface area contributed by atoms with Crippen LogP contribution in [0.2, 0.25) is 0 Å². The van der Waals surface area contributed by atoms with Crippen molar-refractivity contribution in [3.05, 3.63) is 283 Å². The molecular formula is C69H44N4. The van der Waals surface area contributed by atoms with E-state index in [2.05, 4.69) is 270 Å². The third-order valence-corrected chi connectivity index (χ3v) is 16.2. The number of fused-ring (bicyclic) bond motifs is 18. The van der Waals surface area contributed by atoms with E-state index in [4.69, 9.17) is 4.98 Å². The molecule has 0 fully saturated rings. The maximum absolute atomic E-state index is 5.81. The fourth-order valence-corrected chi connectivity index (χ4v) is 13.2. The molecule has 2 aliphatic carbocycles. The summed E-state index contributed by atoms with van der Waals surface area (Å²) in [5, 5.41) is 9.80. The van der Waals surface area contributed by atoms with Crippen molar-refractivity contribution >= 4 is 60.5 Å². The molecular weight excluding hydrogens is 885 g/mol. The van der Waals surface area contributed by atoms with E-state index in [1.807, 2.05) is 0 Å². The third kappa shape index (κ3) is 5.58. The molecule has 1 spiro atoms. The minimum Gasteiger partial charge on any atom is -0.359 e. The van der Waals surface area contributed by atoms with E-state index >= 15 is 0 Å². The summed E-state index contributed by atoms with van der Waals surface area (Å²) in [6.07, 6.45) is -0.0425. The van der Waals surface area contributed by atoms with Gasteiger partial charge in [-0.05, 0) is 127 Å². The van der Waals surface area contributed by atoms with Crippen LogP contribution in [0, 0.1) is 0 Å². The van der Waals surface area contributed by atoms with Crippen molar-refractivity contribution in [3.63, 3.8) is 0 Å². The zero-order chi connectivity index (χ0) is 47.8. The average Bonchev–Trinajstić information content (AvgIpc) is 4.20. The van der Waals surface area contributed by atoms with Gasteiger partial charge in [-0.15, -0.1) is 0 Å². The SMILES string of the molecule is c1ccc(C2Nc3ccccc3N2c2ccc(-c3cc(-c4nc5ccccc5c5ccc6c(c45)-c4ccccc4C64c5ccccc5-c5ccccc54)cc(-n4c5ccccc5c5ccccc54)c3)cc2)cc1. The highest BCUT2D eigenvalue weighted by molar-refractivity contribution is 6.19. The molecule has 13 aromatic rings. The lowest BCUT2D eigenvalue weighted by Gasteiger charge is -2.30. The summed E-state index contributed by atoms with van der Waals surface area (Å²) in [6, 6.07) is 94.1. The van der Waals surface area contributed by atoms with Gasteiger partial charge in [-0.3, -0.25) is 0 Å². The van der Waals surface area contributed by atoms with Gasteiger partial charge in [-0.2, -0.15) is 0 Å². The van der Waals surface area contributed by atoms with Crippen LogP contribution in [0.5, 0.6) is 0 Å². The van der Waals surface area contributed by atoms with E-state index in [-0.39, 0.29) is 6.17 Å². The number of aromatic nitrogens is 2. The number of rotatable bonds is 5. The summed E-state index contributed by atoms with van der Waals surface area (Å²) in [5.41, 5.74) is 23.2. The number of anilines is 3. The molecule has 1 aliphatic heterocycles. The Morgan fingerprint density at radius 2 is 0.973 bits per heavy atom. The van der Waals surface area contributed by atoms with E-state index in [1.165, 1.54) is 82.6 Å². The first kappa shape index (κ1) is 40.2. The second-order valence-corrected chi connectivity index (χ2v) is 19.8. The van der Waals surface area contributed by atoms with Crippen molar-refractivity contribution in [2.75, 3.05) is 10.2 Å². The quantitative estimate of drug-likeness (QED) is 0.175. The van der Waals surface area contributed by atoms with Crippen molar-refractivity contribution in [2.45, 2.75) is 11.6 Å². The molecule has 0 radical (unpaired) electrons. The van der Waals surface area contributed by atoms with Gasteiger partial charge >= 0.3 is 0 Å². The number of para-hydroxylation sites is 5. The molecule has 11 aromatic carbocycles. The molecule has 340 valence electrons. The van der Waals surface area contributed by atoms with E-state index in [1.54, 1.807) is 0 Å². The molecule has 0 amide bonds. The average molecular weight is 929 g/mol. The third-order valence-electron chi connectivity index (χ3n) is 16.2. The highest BCUT2D eigenvalue weighted by Gasteiger charge is 2.52. The van der Waals surface area contributed by atoms with Crippen LogP contribution in [-0.4, -0.2) is 9.55 Å². The molecule has 0 saturated heterocycles. The summed E-state index contributed by atoms with van der Waals surface area (Å²) in [4.78, 5) is 8.23. The Hall–Kier alpha value is -9.51. The number of hydrogen-bond acceptors (Lipinski definition) is 3. The molecule has 1 unspecified atom stereocenters. The van der Waals surface area contributed by atoms with Crippen LogP contribution in [0.4, 0.5) is 17.1 Å². The summed E-state index contributed by atoms with van der Waals surface area (Å²) >= 11 is 0. The Bertz CT molecular complexity index is 4330. The fraction of sp³-hybridized carbons (Fsp3) is 0.0290. The molecule has 1 atom stereocenters. The number of nitrogens with one attached hydrogen (secondary N) is 1. The summed E-state index contributed by atoms with van der Waals surface area (Å²) in [5.74, 6) is 0. The molecule has 3 aliphatic rings. The second kappa shape index (κ2) is 15.2. The van der Waals surface area contributed by atoms with E-state index < -0.39 is 5.41 Å². The molecule has 3 heterocycles. The Morgan fingerprint density at radius 3 is 1.70 bits per heavy atom. The zero-order valence-corrected chi connectivity index (χ0v) is 39.7. The van der Waals surface area contributed by atoms with Gasteiger partial charge in [0.1, 0.15) is 6.17 Å². The van der Waals surface area contributed by atoms with Gasteiger partial charge in [-0.25, -0.2) is 4.98 Å². The van der Waals surface area contributed by atoms with Crippen LogP contribution < -0.4 is 10.2 Å². The topological polar surface area (TPSA) is 33.1 Å². The predicted octanol–water partition coefficient (Wildman–Crippen LogP) is 17.4. The van der Waals surface area contributed by atoms with E-state index in [0.717, 1.165) is 56.0 Å². The Kier molecular flexibility index (Phi) is 8.40. The van der Waals surface area contributed by atoms with Crippen molar-refractivity contribution in [1.82, 2.24) is 9.55 Å². The summed E-state index contributed by atoms with van der Waals surface area (Å²) in [7, 11) is 0. The summed E-state index contributed by atoms with van der Waals surface area (Å²) in [6.45, 7) is 0. The van der Waals surface area contributed by atoms with Crippen LogP contribution in [0.3, 0.4) is 0 Å². The Labute approximate surface area is 422 Å². The van der Waals surface area contributed by atoms with E-state index in [0.29, 0.717) is 0 Å². The smallest absolute Gasteiger partial charge is 0.130 e. The van der Waals surface area contributed by atoms with Gasteiger partial charge in [0.2, 0.25) is 0 Å². The highest BCUT2D eigenvalue weighted by atomic mass is 15.3. The molecule has 0 bridgehead atoms. The van der Waals surface area contributed by atoms with Crippen LogP contribution in [0.1, 0.15) is 34.0 Å². The molecule has 73 heavy (non-hydrogen) atoms. The lowest BCUT2D eigenvalue weighted by Crippen LogP contribution is -2.25. The number of benzene rings is 11. The fourth-order valence-electron chi connectivity index (χ4n) is 13.2. The van der Waals surface area contributed by atoms with Crippen molar-refractivity contribution in [1.29, 1.82) is 0 Å². The van der Waals surface area contributed by atoms with Crippen molar-refractivity contribution < 1.29 is 0 Å². The molecule has 4 nitrogen and oxygen atoms in total. The Balaban J connectivity index is 0.971. The maximum atomic E-state index is 5.81. The van der Waals surface area contributed by atoms with Gasteiger partial charge < -0.3 is 14.8 Å². The number of pyridine rings is 1. The lowest BCUT2D eigenvalue weighted by atomic mass is 9.70. The van der Waals surface area contributed by atoms with Crippen LogP contribution >= 0.6 is 0 Å². The highest BCUT2D eigenvalue weighted by Crippen LogP contribution is 2.64. The van der Waals surface area contributed by atoms with Crippen LogP contribution in [0.25, 0.3) is 93.8 Å². The predicted molar refractivity (Wildman–Crippen MR) is 302 cm³/mol. The normalized spacial score (nSPS) is 14.6. The van der Waals surface area contributed by atoms with Crippen molar-refractivity contribution in [3.8, 4) is 50.3 Å². The molecule has 4 heteroatoms. The molecule has 2 aromatic heterocycles. The standard InChI is InChI=1S/C69H44N4/c1-2-18-44(19-3-1)68-71-61-30-14-17-33-64(61)73(68)47-36-34-43(35-37-47)45-40-46(42-48(41-45)72-62-31-15-8-23-52(62)53-24-9-16-32-63(53)72)67-66-54(51-22-7-13-29-60(51)70-67)38-39-59-65(66)55-25-6-12-28-58(55)69(59)56-26-10-4-20-49(56)50-21-5-11-27-57(50)69/h1-42,68,71H. The van der Waals surface area contributed by atoms with Gasteiger partial charge in [0.05, 0.1) is 39.0 Å². The van der Waals surface area contributed by atoms with Gasteiger partial charge in [0.15, 0.2) is 0 Å². The van der Waals surface area contributed by atoms with Crippen molar-refractivity contribution in [2.24, 2.45) is 0 Å². The monoisotopic (exact) mass is 928 g/mol. The first-order valence-electron chi connectivity index (χ1n) is 25.3. The largest absolute Gasteiger partial charge is 0.359 e. The summed E-state index contributed by atoms with van der Waals surface area (Å²) < 4.78 is 2.45. The maximum Gasteiger partial charge on any atom is 0.130 e. The number of hydrogen-bond donors (Lipinski definition) is 1. The second-order valence-electron chi connectivity index (χ2n) is 19.8. The molecule has 0 saturated carbocycles. The lowest BCUT2D eigenvalue weighted by molar-refractivity contribution is 0.794. The molecule has 16 rings (SSSR count). The minimum atomic E-state index is -0.487. The van der Waals surface area contributed by atoms with E-state index in [9.17, 15) is 0 Å². The van der Waals surface area contributed by atoms with Gasteiger partial charge in [-0.1, -0.05) is 194 Å². The van der Waals surface area contributed by atoms with Gasteiger partial charge in [0.25, 0.3) is 0 Å². The number of nitrogens with zero attached hydrogens (tertiary/aromatic N) is 3. The van der Waals surface area contributed by atoms with Crippen LogP contribution in [-0.2, 0) is 5.41 Å². The van der Waals surface area contributed by atoms with Crippen LogP contribution in [0.15, 0.2) is 255 Å². The minimum absolute atomic E-state index is 0.0425. The Morgan fingerprint density at radius 1 is 0.397 bits per heavy atom. The molecule has 1 N–H and O–H groups in total. The zero-order valence-electron chi connectivity index (χ0n) is 39.7. The first-order chi connectivity index (χ1) is 36.2. The first-order valence-corrected chi connectivity index (χ1v) is 25.3. The van der Waals surface area contributed by atoms with Gasteiger partial charge in [0, 0.05) is 38.5 Å².